The molecule has 0 fully saturated rings. The SMILES string of the molecule is Cc1ccc(-c2nc(CCCCl)cs2)c(F)c1. The molecule has 2 rings (SSSR count). The van der Waals surface area contributed by atoms with E-state index in [-0.39, 0.29) is 5.82 Å². The Morgan fingerprint density at radius 1 is 1.41 bits per heavy atom. The van der Waals surface area contributed by atoms with Gasteiger partial charge in [0.2, 0.25) is 0 Å². The summed E-state index contributed by atoms with van der Waals surface area (Å²) in [5.41, 5.74) is 2.49. The highest BCUT2D eigenvalue weighted by Gasteiger charge is 2.09. The van der Waals surface area contributed by atoms with Gasteiger partial charge in [0.15, 0.2) is 0 Å². The van der Waals surface area contributed by atoms with Crippen molar-refractivity contribution in [1.29, 1.82) is 0 Å². The zero-order chi connectivity index (χ0) is 12.3. The molecule has 0 N–H and O–H groups in total. The number of thiazole rings is 1. The number of halogens is 2. The lowest BCUT2D eigenvalue weighted by Gasteiger charge is -2.00. The van der Waals surface area contributed by atoms with E-state index in [0.717, 1.165) is 29.1 Å². The van der Waals surface area contributed by atoms with Gasteiger partial charge in [0, 0.05) is 16.8 Å². The van der Waals surface area contributed by atoms with Gasteiger partial charge in [0.05, 0.1) is 5.69 Å². The first-order valence-corrected chi connectivity index (χ1v) is 6.89. The number of rotatable bonds is 4. The summed E-state index contributed by atoms with van der Waals surface area (Å²) in [5, 5.41) is 2.72. The van der Waals surface area contributed by atoms with Crippen molar-refractivity contribution < 1.29 is 4.39 Å². The molecule has 0 amide bonds. The van der Waals surface area contributed by atoms with Crippen molar-refractivity contribution in [2.75, 3.05) is 5.88 Å². The van der Waals surface area contributed by atoms with Crippen molar-refractivity contribution in [2.45, 2.75) is 19.8 Å². The summed E-state index contributed by atoms with van der Waals surface area (Å²) in [6, 6.07) is 5.22. The summed E-state index contributed by atoms with van der Waals surface area (Å²) >= 11 is 7.11. The van der Waals surface area contributed by atoms with Gasteiger partial charge in [0.25, 0.3) is 0 Å². The van der Waals surface area contributed by atoms with E-state index in [4.69, 9.17) is 11.6 Å². The van der Waals surface area contributed by atoms with E-state index in [1.54, 1.807) is 6.07 Å². The van der Waals surface area contributed by atoms with E-state index in [1.807, 2.05) is 18.4 Å². The molecule has 2 aromatic rings. The summed E-state index contributed by atoms with van der Waals surface area (Å²) < 4.78 is 13.7. The van der Waals surface area contributed by atoms with E-state index >= 15 is 0 Å². The van der Waals surface area contributed by atoms with E-state index in [0.29, 0.717) is 11.4 Å². The number of nitrogens with zero attached hydrogens (tertiary/aromatic N) is 1. The van der Waals surface area contributed by atoms with E-state index < -0.39 is 0 Å². The fourth-order valence-corrected chi connectivity index (χ4v) is 2.60. The molecule has 1 heterocycles. The molecule has 90 valence electrons. The fourth-order valence-electron chi connectivity index (χ4n) is 1.59. The lowest BCUT2D eigenvalue weighted by molar-refractivity contribution is 0.630. The molecule has 0 saturated carbocycles. The predicted molar refractivity (Wildman–Crippen MR) is 71.3 cm³/mol. The maximum Gasteiger partial charge on any atom is 0.133 e. The standard InChI is InChI=1S/C13H13ClFNS/c1-9-4-5-11(12(15)7-9)13-16-10(8-17-13)3-2-6-14/h4-5,7-8H,2-3,6H2,1H3. The normalized spacial score (nSPS) is 10.8. The van der Waals surface area contributed by atoms with Gasteiger partial charge in [0.1, 0.15) is 10.8 Å². The molecular formula is C13H13ClFNS. The topological polar surface area (TPSA) is 12.9 Å². The third-order valence-corrected chi connectivity index (χ3v) is 3.66. The first-order chi connectivity index (χ1) is 8.20. The van der Waals surface area contributed by atoms with Crippen molar-refractivity contribution in [2.24, 2.45) is 0 Å². The Balaban J connectivity index is 2.24. The Hall–Kier alpha value is -0.930. The number of aromatic nitrogens is 1. The van der Waals surface area contributed by atoms with Crippen LogP contribution in [0.15, 0.2) is 23.6 Å². The molecule has 0 aliphatic rings. The number of aryl methyl sites for hydroxylation is 2. The van der Waals surface area contributed by atoms with Crippen LogP contribution >= 0.6 is 22.9 Å². The number of hydrogen-bond acceptors (Lipinski definition) is 2. The molecule has 0 aliphatic carbocycles. The maximum atomic E-state index is 13.7. The van der Waals surface area contributed by atoms with Crippen LogP contribution in [0.2, 0.25) is 0 Å². The maximum absolute atomic E-state index is 13.7. The lowest BCUT2D eigenvalue weighted by atomic mass is 10.1. The van der Waals surface area contributed by atoms with Crippen molar-refractivity contribution >= 4 is 22.9 Å². The van der Waals surface area contributed by atoms with E-state index in [1.165, 1.54) is 17.4 Å². The van der Waals surface area contributed by atoms with Gasteiger partial charge in [-0.3, -0.25) is 0 Å². The van der Waals surface area contributed by atoms with Gasteiger partial charge in [-0.2, -0.15) is 0 Å². The average Bonchev–Trinajstić information content (AvgIpc) is 2.75. The predicted octanol–water partition coefficient (Wildman–Crippen LogP) is 4.43. The third-order valence-electron chi connectivity index (χ3n) is 2.47. The monoisotopic (exact) mass is 269 g/mol. The molecule has 0 aliphatic heterocycles. The Bertz CT molecular complexity index is 510. The van der Waals surface area contributed by atoms with Gasteiger partial charge in [-0.15, -0.1) is 22.9 Å². The van der Waals surface area contributed by atoms with Crippen LogP contribution in [0.25, 0.3) is 10.6 Å². The molecule has 1 aromatic carbocycles. The number of benzene rings is 1. The first kappa shape index (κ1) is 12.5. The molecule has 0 bridgehead atoms. The quantitative estimate of drug-likeness (QED) is 0.749. The molecule has 0 spiro atoms. The molecule has 0 saturated heterocycles. The van der Waals surface area contributed by atoms with Crippen molar-refractivity contribution in [3.05, 3.63) is 40.7 Å². The largest absolute Gasteiger partial charge is 0.241 e. The zero-order valence-electron chi connectivity index (χ0n) is 9.54. The van der Waals surface area contributed by atoms with Gasteiger partial charge >= 0.3 is 0 Å². The van der Waals surface area contributed by atoms with Crippen LogP contribution in [-0.4, -0.2) is 10.9 Å². The highest BCUT2D eigenvalue weighted by molar-refractivity contribution is 7.13. The summed E-state index contributed by atoms with van der Waals surface area (Å²) in [5.74, 6) is 0.425. The molecule has 0 atom stereocenters. The first-order valence-electron chi connectivity index (χ1n) is 5.47. The lowest BCUT2D eigenvalue weighted by Crippen LogP contribution is -1.88. The minimum Gasteiger partial charge on any atom is -0.241 e. The van der Waals surface area contributed by atoms with Crippen molar-refractivity contribution in [3.8, 4) is 10.6 Å². The van der Waals surface area contributed by atoms with Crippen LogP contribution in [-0.2, 0) is 6.42 Å². The van der Waals surface area contributed by atoms with Crippen LogP contribution in [0.1, 0.15) is 17.7 Å². The van der Waals surface area contributed by atoms with Gasteiger partial charge < -0.3 is 0 Å². The molecule has 1 aromatic heterocycles. The summed E-state index contributed by atoms with van der Waals surface area (Å²) in [6.45, 7) is 1.88. The van der Waals surface area contributed by atoms with Gasteiger partial charge in [-0.05, 0) is 37.5 Å². The molecule has 0 radical (unpaired) electrons. The van der Waals surface area contributed by atoms with Gasteiger partial charge in [-0.1, -0.05) is 6.07 Å². The Morgan fingerprint density at radius 2 is 2.24 bits per heavy atom. The van der Waals surface area contributed by atoms with Crippen LogP contribution in [0.5, 0.6) is 0 Å². The highest BCUT2D eigenvalue weighted by atomic mass is 35.5. The van der Waals surface area contributed by atoms with E-state index in [9.17, 15) is 4.39 Å². The molecule has 4 heteroatoms. The molecule has 1 nitrogen and oxygen atoms in total. The average molecular weight is 270 g/mol. The molecule has 0 unspecified atom stereocenters. The second-order valence-electron chi connectivity index (χ2n) is 3.92. The smallest absolute Gasteiger partial charge is 0.133 e. The van der Waals surface area contributed by atoms with Crippen LogP contribution in [0.3, 0.4) is 0 Å². The van der Waals surface area contributed by atoms with Gasteiger partial charge in [-0.25, -0.2) is 9.37 Å². The summed E-state index contributed by atoms with van der Waals surface area (Å²) in [7, 11) is 0. The fraction of sp³-hybridized carbons (Fsp3) is 0.308. The Kier molecular flexibility index (Phi) is 4.13. The van der Waals surface area contributed by atoms with Crippen LogP contribution in [0, 0.1) is 12.7 Å². The van der Waals surface area contributed by atoms with Crippen molar-refractivity contribution in [3.63, 3.8) is 0 Å². The summed E-state index contributed by atoms with van der Waals surface area (Å²) in [4.78, 5) is 4.43. The van der Waals surface area contributed by atoms with E-state index in [2.05, 4.69) is 4.98 Å². The van der Waals surface area contributed by atoms with Crippen LogP contribution < -0.4 is 0 Å². The zero-order valence-corrected chi connectivity index (χ0v) is 11.1. The Morgan fingerprint density at radius 3 is 2.94 bits per heavy atom. The third kappa shape index (κ3) is 3.05. The second-order valence-corrected chi connectivity index (χ2v) is 5.16. The highest BCUT2D eigenvalue weighted by Crippen LogP contribution is 2.27. The molecular weight excluding hydrogens is 257 g/mol. The van der Waals surface area contributed by atoms with Crippen LogP contribution in [0.4, 0.5) is 4.39 Å². The molecule has 17 heavy (non-hydrogen) atoms. The number of hydrogen-bond donors (Lipinski definition) is 0. The summed E-state index contributed by atoms with van der Waals surface area (Å²) in [6.07, 6.45) is 1.76. The van der Waals surface area contributed by atoms with Crippen molar-refractivity contribution in [1.82, 2.24) is 4.98 Å². The Labute approximate surface area is 109 Å². The minimum absolute atomic E-state index is 0.205. The number of alkyl halides is 1. The second kappa shape index (κ2) is 5.61. The minimum atomic E-state index is -0.205.